The minimum absolute atomic E-state index is 0.135. The predicted octanol–water partition coefficient (Wildman–Crippen LogP) is 1.24. The first kappa shape index (κ1) is 16.0. The summed E-state index contributed by atoms with van der Waals surface area (Å²) in [5, 5.41) is 19.2. The van der Waals surface area contributed by atoms with Gasteiger partial charge in [-0.2, -0.15) is 0 Å². The molecule has 19 heavy (non-hydrogen) atoms. The van der Waals surface area contributed by atoms with Crippen LogP contribution < -0.4 is 0 Å². The Balaban J connectivity index is 2.64. The van der Waals surface area contributed by atoms with Gasteiger partial charge in [-0.15, -0.1) is 0 Å². The second kappa shape index (κ2) is 5.92. The van der Waals surface area contributed by atoms with E-state index < -0.39 is 7.60 Å². The van der Waals surface area contributed by atoms with Crippen molar-refractivity contribution in [1.82, 2.24) is 0 Å². The molecule has 0 radical (unpaired) electrons. The molecule has 0 aromatic heterocycles. The standard InChI is InChI=1S/C12H20NO5P/c1-13(2,7-4-8-19(16,17)18)9-10-5-3-6-11(14)12(10)15/h3,5-6H,4,7-9H2,1-2H3,(H3-,14,15,16,17,18)/p+1. The van der Waals surface area contributed by atoms with Gasteiger partial charge >= 0.3 is 7.60 Å². The van der Waals surface area contributed by atoms with Crippen molar-refractivity contribution in [2.75, 3.05) is 26.8 Å². The molecule has 0 spiro atoms. The Kier molecular flexibility index (Phi) is 4.98. The molecule has 0 amide bonds. The fourth-order valence-corrected chi connectivity index (χ4v) is 2.50. The molecule has 7 heteroatoms. The maximum atomic E-state index is 10.8. The van der Waals surface area contributed by atoms with Crippen LogP contribution in [0, 0.1) is 0 Å². The number of phenolic OH excluding ortho intramolecular Hbond substituents is 2. The molecule has 0 aliphatic carbocycles. The molecule has 0 fully saturated rings. The Morgan fingerprint density at radius 2 is 1.84 bits per heavy atom. The highest BCUT2D eigenvalue weighted by atomic mass is 31.2. The number of hydrogen-bond donors (Lipinski definition) is 4. The molecule has 0 aliphatic heterocycles. The molecule has 4 N–H and O–H groups in total. The number of aromatic hydroxyl groups is 2. The maximum Gasteiger partial charge on any atom is 0.325 e. The fourth-order valence-electron chi connectivity index (χ4n) is 1.95. The zero-order valence-corrected chi connectivity index (χ0v) is 12.0. The average molecular weight is 290 g/mol. The highest BCUT2D eigenvalue weighted by Gasteiger charge is 2.21. The number of rotatable bonds is 6. The fraction of sp³-hybridized carbons (Fsp3) is 0.500. The third kappa shape index (κ3) is 5.61. The van der Waals surface area contributed by atoms with E-state index in [4.69, 9.17) is 9.79 Å². The predicted molar refractivity (Wildman–Crippen MR) is 72.0 cm³/mol. The summed E-state index contributed by atoms with van der Waals surface area (Å²) in [5.74, 6) is -0.295. The van der Waals surface area contributed by atoms with Gasteiger partial charge in [0.05, 0.1) is 32.4 Å². The Bertz CT molecular complexity index is 483. The van der Waals surface area contributed by atoms with Crippen molar-refractivity contribution in [2.45, 2.75) is 13.0 Å². The van der Waals surface area contributed by atoms with Gasteiger partial charge in [0.15, 0.2) is 11.5 Å². The van der Waals surface area contributed by atoms with E-state index in [-0.39, 0.29) is 17.7 Å². The maximum absolute atomic E-state index is 10.8. The van der Waals surface area contributed by atoms with E-state index in [0.29, 0.717) is 29.6 Å². The van der Waals surface area contributed by atoms with Crippen molar-refractivity contribution in [3.8, 4) is 11.5 Å². The van der Waals surface area contributed by atoms with Crippen LogP contribution in [0.4, 0.5) is 0 Å². The van der Waals surface area contributed by atoms with Gasteiger partial charge < -0.3 is 24.5 Å². The number of hydrogen-bond acceptors (Lipinski definition) is 3. The summed E-state index contributed by atoms with van der Waals surface area (Å²) in [4.78, 5) is 17.6. The molecule has 0 unspecified atom stereocenters. The van der Waals surface area contributed by atoms with Crippen molar-refractivity contribution >= 4 is 7.60 Å². The molecule has 0 heterocycles. The van der Waals surface area contributed by atoms with Crippen LogP contribution in [-0.2, 0) is 11.1 Å². The zero-order chi connectivity index (χ0) is 14.7. The van der Waals surface area contributed by atoms with Gasteiger partial charge in [-0.05, 0) is 12.1 Å². The van der Waals surface area contributed by atoms with Gasteiger partial charge in [-0.25, -0.2) is 0 Å². The summed E-state index contributed by atoms with van der Waals surface area (Å²) in [5.41, 5.74) is 0.612. The van der Waals surface area contributed by atoms with Crippen molar-refractivity contribution in [2.24, 2.45) is 0 Å². The Morgan fingerprint density at radius 3 is 2.42 bits per heavy atom. The number of nitrogens with zero attached hydrogens (tertiary/aromatic N) is 1. The van der Waals surface area contributed by atoms with Crippen LogP contribution in [0.1, 0.15) is 12.0 Å². The van der Waals surface area contributed by atoms with E-state index in [1.807, 2.05) is 14.1 Å². The minimum Gasteiger partial charge on any atom is -0.504 e. The van der Waals surface area contributed by atoms with Crippen LogP contribution in [0.5, 0.6) is 11.5 Å². The summed E-state index contributed by atoms with van der Waals surface area (Å²) in [7, 11) is -0.139. The van der Waals surface area contributed by atoms with Gasteiger partial charge in [-0.1, -0.05) is 6.07 Å². The van der Waals surface area contributed by atoms with E-state index in [0.717, 1.165) is 0 Å². The molecule has 0 aliphatic rings. The van der Waals surface area contributed by atoms with Crippen LogP contribution in [0.3, 0.4) is 0 Å². The first-order valence-corrected chi connectivity index (χ1v) is 7.77. The normalized spacial score (nSPS) is 12.6. The Labute approximate surface area is 112 Å². The monoisotopic (exact) mass is 290 g/mol. The SMILES string of the molecule is C[N+](C)(CCCP(=O)(O)O)Cc1cccc(O)c1O. The van der Waals surface area contributed by atoms with Gasteiger partial charge in [0.1, 0.15) is 6.54 Å². The lowest BCUT2D eigenvalue weighted by molar-refractivity contribution is -0.903. The molecule has 0 bridgehead atoms. The van der Waals surface area contributed by atoms with E-state index in [1.54, 1.807) is 12.1 Å². The van der Waals surface area contributed by atoms with Crippen molar-refractivity contribution in [3.05, 3.63) is 23.8 Å². The molecular formula is C12H21NO5P+. The third-order valence-electron chi connectivity index (χ3n) is 2.91. The van der Waals surface area contributed by atoms with Gasteiger partial charge in [0.2, 0.25) is 0 Å². The van der Waals surface area contributed by atoms with E-state index in [9.17, 15) is 14.8 Å². The summed E-state index contributed by atoms with van der Waals surface area (Å²) < 4.78 is 11.3. The smallest absolute Gasteiger partial charge is 0.325 e. The first-order valence-electron chi connectivity index (χ1n) is 5.97. The second-order valence-electron chi connectivity index (χ2n) is 5.34. The average Bonchev–Trinajstić information content (AvgIpc) is 2.22. The van der Waals surface area contributed by atoms with E-state index in [2.05, 4.69) is 0 Å². The first-order chi connectivity index (χ1) is 8.61. The molecule has 1 aromatic carbocycles. The van der Waals surface area contributed by atoms with Crippen LogP contribution in [0.15, 0.2) is 18.2 Å². The van der Waals surface area contributed by atoms with Crippen molar-refractivity contribution in [3.63, 3.8) is 0 Å². The highest BCUT2D eigenvalue weighted by Crippen LogP contribution is 2.35. The lowest BCUT2D eigenvalue weighted by Gasteiger charge is -2.30. The quantitative estimate of drug-likeness (QED) is 0.359. The molecule has 0 saturated carbocycles. The van der Waals surface area contributed by atoms with Crippen molar-refractivity contribution < 1.29 is 29.0 Å². The lowest BCUT2D eigenvalue weighted by atomic mass is 10.1. The molecular weight excluding hydrogens is 269 g/mol. The summed E-state index contributed by atoms with van der Waals surface area (Å²) in [6.07, 6.45) is 0.261. The van der Waals surface area contributed by atoms with Gasteiger partial charge in [-0.3, -0.25) is 4.57 Å². The van der Waals surface area contributed by atoms with Gasteiger partial charge in [0, 0.05) is 6.42 Å². The molecule has 1 aromatic rings. The zero-order valence-electron chi connectivity index (χ0n) is 11.2. The number of para-hydroxylation sites is 1. The number of quaternary nitrogens is 1. The van der Waals surface area contributed by atoms with Crippen LogP contribution >= 0.6 is 7.60 Å². The number of benzene rings is 1. The van der Waals surface area contributed by atoms with Crippen LogP contribution in [0.2, 0.25) is 0 Å². The summed E-state index contributed by atoms with van der Waals surface area (Å²) >= 11 is 0. The Morgan fingerprint density at radius 1 is 1.21 bits per heavy atom. The summed E-state index contributed by atoms with van der Waals surface area (Å²) in [6, 6.07) is 4.78. The Hall–Kier alpha value is -1.07. The van der Waals surface area contributed by atoms with E-state index >= 15 is 0 Å². The molecule has 108 valence electrons. The second-order valence-corrected chi connectivity index (χ2v) is 7.12. The number of phenols is 2. The minimum atomic E-state index is -3.95. The van der Waals surface area contributed by atoms with Crippen LogP contribution in [0.25, 0.3) is 0 Å². The molecule has 6 nitrogen and oxygen atoms in total. The van der Waals surface area contributed by atoms with Gasteiger partial charge in [0.25, 0.3) is 0 Å². The highest BCUT2D eigenvalue weighted by molar-refractivity contribution is 7.51. The third-order valence-corrected chi connectivity index (χ3v) is 3.81. The molecule has 0 atom stereocenters. The molecule has 0 saturated heterocycles. The van der Waals surface area contributed by atoms with Crippen molar-refractivity contribution in [1.29, 1.82) is 0 Å². The topological polar surface area (TPSA) is 98.0 Å². The summed E-state index contributed by atoms with van der Waals surface area (Å²) in [6.45, 7) is 1.04. The van der Waals surface area contributed by atoms with E-state index in [1.165, 1.54) is 6.07 Å². The lowest BCUT2D eigenvalue weighted by Crippen LogP contribution is -2.39. The van der Waals surface area contributed by atoms with Crippen LogP contribution in [-0.4, -0.2) is 51.3 Å². The largest absolute Gasteiger partial charge is 0.504 e. The molecule has 1 rings (SSSR count).